The average Bonchev–Trinajstić information content (AvgIpc) is 1.31. The van der Waals surface area contributed by atoms with E-state index in [2.05, 4.69) is 309 Å². The third kappa shape index (κ3) is 15.6. The number of nitrogens with zero attached hydrogens (tertiary/aromatic N) is 5. The van der Waals surface area contributed by atoms with Crippen molar-refractivity contribution >= 4 is 0 Å². The second-order valence-electron chi connectivity index (χ2n) is 24.1. The van der Waals surface area contributed by atoms with Crippen LogP contribution in [0.2, 0.25) is 0 Å². The first-order chi connectivity index (χ1) is 41.2. The van der Waals surface area contributed by atoms with Gasteiger partial charge >= 0.3 is 0 Å². The van der Waals surface area contributed by atoms with Gasteiger partial charge in [0.1, 0.15) is 35.2 Å². The predicted molar refractivity (Wildman–Crippen MR) is 360 cm³/mol. The summed E-state index contributed by atoms with van der Waals surface area (Å²) >= 11 is 0. The molecular formula is C80H100N5+5. The third-order valence-electron chi connectivity index (χ3n) is 17.3. The van der Waals surface area contributed by atoms with Crippen molar-refractivity contribution in [1.82, 2.24) is 0 Å². The second kappa shape index (κ2) is 28.6. The fourth-order valence-corrected chi connectivity index (χ4v) is 11.6. The van der Waals surface area contributed by atoms with E-state index in [1.807, 2.05) is 26.1 Å². The molecule has 5 aromatic carbocycles. The van der Waals surface area contributed by atoms with Crippen LogP contribution in [0.1, 0.15) is 116 Å². The Morgan fingerprint density at radius 2 is 0.576 bits per heavy atom. The molecule has 10 aromatic rings. The summed E-state index contributed by atoms with van der Waals surface area (Å²) < 4.78 is 34.1. The molecule has 5 nitrogen and oxygen atoms in total. The zero-order valence-corrected chi connectivity index (χ0v) is 56.2. The molecule has 0 aliphatic carbocycles. The molecule has 0 radical (unpaired) electrons. The highest BCUT2D eigenvalue weighted by Gasteiger charge is 2.22. The lowest BCUT2D eigenvalue weighted by atomic mass is 9.96. The topological polar surface area (TPSA) is 19.4 Å². The minimum Gasteiger partial charge on any atom is -0.199 e. The van der Waals surface area contributed by atoms with Crippen LogP contribution in [0, 0.1) is 138 Å². The quantitative estimate of drug-likeness (QED) is 0.153. The van der Waals surface area contributed by atoms with Crippen LogP contribution >= 0.6 is 0 Å². The van der Waals surface area contributed by atoms with Gasteiger partial charge in [0.15, 0.2) is 28.5 Å². The van der Waals surface area contributed by atoms with E-state index >= 15 is 0 Å². The summed E-state index contributed by atoms with van der Waals surface area (Å²) in [6.07, 6.45) is 0. The molecule has 0 unspecified atom stereocenters. The van der Waals surface area contributed by atoms with Crippen molar-refractivity contribution in [3.8, 4) is 56.3 Å². The van der Waals surface area contributed by atoms with Crippen LogP contribution < -0.4 is 22.8 Å². The van der Waals surface area contributed by atoms with Crippen LogP contribution in [-0.4, -0.2) is 0 Å². The Labute approximate surface area is 517 Å². The van der Waals surface area contributed by atoms with Crippen molar-refractivity contribution in [2.45, 2.75) is 138 Å². The zero-order valence-electron chi connectivity index (χ0n) is 59.2. The van der Waals surface area contributed by atoms with Gasteiger partial charge in [-0.15, -0.1) is 0 Å². The monoisotopic (exact) mass is 1130 g/mol. The van der Waals surface area contributed by atoms with Gasteiger partial charge in [-0.1, -0.05) is 78.4 Å². The molecule has 0 aliphatic rings. The standard InChI is InChI=1S/5C16H20N/c1-11-6-7-15(13(3)8-11)16-10-12(2)9-14(4)17(16)5;2*1-11-9-13(3)17(5)16(10-11)15-8-6-7-12(2)14(15)4;2*1-11-7-6-8-12(2)15(11)16-13(3)9-10-14(4)17(16)5/h5*6-10H,1-5H3/q5*+1/i;2D3;;;. The maximum Gasteiger partial charge on any atom is 0.215 e. The Morgan fingerprint density at radius 3 is 0.941 bits per heavy atom. The molecule has 0 spiro atoms. The van der Waals surface area contributed by atoms with E-state index in [9.17, 15) is 0 Å². The van der Waals surface area contributed by atoms with E-state index in [4.69, 9.17) is 4.11 Å². The van der Waals surface area contributed by atoms with Crippen molar-refractivity contribution in [3.63, 3.8) is 0 Å². The number of benzene rings is 5. The van der Waals surface area contributed by atoms with E-state index in [-0.39, 0.29) is 0 Å². The first-order valence-corrected chi connectivity index (χ1v) is 30.0. The van der Waals surface area contributed by atoms with Crippen LogP contribution in [0.15, 0.2) is 152 Å². The van der Waals surface area contributed by atoms with Gasteiger partial charge in [0.05, 0.1) is 11.1 Å². The van der Waals surface area contributed by atoms with Gasteiger partial charge in [-0.2, -0.15) is 22.8 Å². The van der Waals surface area contributed by atoms with E-state index in [0.29, 0.717) is 5.56 Å². The van der Waals surface area contributed by atoms with Crippen molar-refractivity contribution in [3.05, 3.63) is 264 Å². The molecule has 0 fully saturated rings. The maximum atomic E-state index is 7.64. The SMILES string of the molecule is Cc1cc(C)[n+](C)c(-c2cccc(C)c2C)c1.Cc1ccc(-c2cc(C)cc(C)[n+]2C)c(C)c1.Cc1cccc(C)c1-c1c(C)ccc(C)[n+]1C.Cc1cccc(C)c1-c1c(C)ccc(C)[n+]1C.[2H]C([2H])([2H])c1cccc(-c2cc(C)cc(C)[n+]2C)c1C. The fourth-order valence-electron chi connectivity index (χ4n) is 11.6. The lowest BCUT2D eigenvalue weighted by molar-refractivity contribution is -0.667. The van der Waals surface area contributed by atoms with Crippen molar-refractivity contribution in [2.75, 3.05) is 0 Å². The predicted octanol–water partition coefficient (Wildman–Crippen LogP) is 17.1. The lowest BCUT2D eigenvalue weighted by Crippen LogP contribution is -2.35. The first kappa shape index (κ1) is 61.4. The molecule has 5 heteroatoms. The molecule has 0 bridgehead atoms. The molecule has 0 saturated carbocycles. The van der Waals surface area contributed by atoms with Gasteiger partial charge in [-0.25, -0.2) is 0 Å². The Bertz CT molecular complexity index is 4040. The molecule has 10 rings (SSSR count). The highest BCUT2D eigenvalue weighted by Crippen LogP contribution is 2.30. The van der Waals surface area contributed by atoms with Gasteiger partial charge in [0.2, 0.25) is 28.5 Å². The van der Waals surface area contributed by atoms with Gasteiger partial charge in [-0.3, -0.25) is 0 Å². The van der Waals surface area contributed by atoms with Crippen LogP contribution in [0.5, 0.6) is 0 Å². The van der Waals surface area contributed by atoms with Crippen LogP contribution in [0.25, 0.3) is 56.3 Å². The number of hydrogen-bond donors (Lipinski definition) is 0. The Kier molecular flexibility index (Phi) is 20.7. The zero-order chi connectivity index (χ0) is 65.4. The van der Waals surface area contributed by atoms with Gasteiger partial charge in [0.25, 0.3) is 0 Å². The Balaban J connectivity index is 0.000000176. The summed E-state index contributed by atoms with van der Waals surface area (Å²) in [5, 5.41) is 0. The molecule has 0 N–H and O–H groups in total. The molecule has 0 saturated heterocycles. The number of hydrogen-bond acceptors (Lipinski definition) is 0. The number of aryl methyl sites for hydroxylation is 18. The lowest BCUT2D eigenvalue weighted by Gasteiger charge is -2.11. The minimum atomic E-state index is -2.07. The highest BCUT2D eigenvalue weighted by atomic mass is 15.0. The van der Waals surface area contributed by atoms with Gasteiger partial charge in [0, 0.05) is 115 Å². The number of pyridine rings is 5. The summed E-state index contributed by atoms with van der Waals surface area (Å²) in [5.74, 6) is 0. The Hall–Kier alpha value is -8.15. The van der Waals surface area contributed by atoms with E-state index < -0.39 is 6.85 Å². The highest BCUT2D eigenvalue weighted by molar-refractivity contribution is 5.70. The summed E-state index contributed by atoms with van der Waals surface area (Å²) in [6.45, 7) is 38.6. The molecule has 0 aliphatic heterocycles. The fraction of sp³-hybridized carbons (Fsp3) is 0.312. The normalized spacial score (nSPS) is 11.3. The van der Waals surface area contributed by atoms with E-state index in [1.54, 1.807) is 6.07 Å². The van der Waals surface area contributed by atoms with Crippen molar-refractivity contribution in [2.24, 2.45) is 35.2 Å². The Morgan fingerprint density at radius 1 is 0.247 bits per heavy atom. The molecule has 85 heavy (non-hydrogen) atoms. The average molecular weight is 1130 g/mol. The molecule has 5 heterocycles. The molecule has 440 valence electrons. The van der Waals surface area contributed by atoms with Crippen LogP contribution in [0.4, 0.5) is 0 Å². The number of aromatic nitrogens is 5. The molecule has 0 atom stereocenters. The third-order valence-corrected chi connectivity index (χ3v) is 17.3. The molecular weight excluding hydrogens is 1030 g/mol. The summed E-state index contributed by atoms with van der Waals surface area (Å²) in [6, 6.07) is 53.5. The second-order valence-corrected chi connectivity index (χ2v) is 24.1. The van der Waals surface area contributed by atoms with Gasteiger partial charge < -0.3 is 0 Å². The maximum absolute atomic E-state index is 7.64. The van der Waals surface area contributed by atoms with Crippen LogP contribution in [0.3, 0.4) is 0 Å². The van der Waals surface area contributed by atoms with Gasteiger partial charge in [-0.05, 0) is 201 Å². The van der Waals surface area contributed by atoms with E-state index in [0.717, 1.165) is 22.5 Å². The smallest absolute Gasteiger partial charge is 0.199 e. The largest absolute Gasteiger partial charge is 0.215 e. The minimum absolute atomic E-state index is 0.425. The first-order valence-electron chi connectivity index (χ1n) is 31.5. The van der Waals surface area contributed by atoms with E-state index in [1.165, 1.54) is 140 Å². The summed E-state index contributed by atoms with van der Waals surface area (Å²) in [5.41, 5.74) is 37.4. The van der Waals surface area contributed by atoms with Crippen LogP contribution in [-0.2, 0) is 35.2 Å². The van der Waals surface area contributed by atoms with Crippen molar-refractivity contribution < 1.29 is 26.9 Å². The molecule has 5 aromatic heterocycles. The molecule has 0 amide bonds. The summed E-state index contributed by atoms with van der Waals surface area (Å²) in [4.78, 5) is 0. The number of rotatable bonds is 5. The summed E-state index contributed by atoms with van der Waals surface area (Å²) in [7, 11) is 10.5. The van der Waals surface area contributed by atoms with Crippen molar-refractivity contribution in [1.29, 1.82) is 0 Å².